The van der Waals surface area contributed by atoms with E-state index in [9.17, 15) is 9.59 Å². The molecule has 0 aliphatic carbocycles. The van der Waals surface area contributed by atoms with Crippen LogP contribution in [0.5, 0.6) is 0 Å². The van der Waals surface area contributed by atoms with Crippen molar-refractivity contribution in [1.29, 1.82) is 5.26 Å². The number of carbonyl (C=O) groups is 2. The zero-order valence-electron chi connectivity index (χ0n) is 16.5. The molecule has 0 saturated carbocycles. The van der Waals surface area contributed by atoms with E-state index in [1.807, 2.05) is 18.2 Å². The average molecular weight is 411 g/mol. The molecular formula is C22H17N7O2. The van der Waals surface area contributed by atoms with E-state index in [2.05, 4.69) is 15.4 Å². The Hall–Kier alpha value is -4.71. The zero-order chi connectivity index (χ0) is 22.0. The average Bonchev–Trinajstić information content (AvgIpc) is 3.21. The highest BCUT2D eigenvalue weighted by molar-refractivity contribution is 6.06. The summed E-state index contributed by atoms with van der Waals surface area (Å²) >= 11 is 0. The van der Waals surface area contributed by atoms with E-state index in [1.165, 1.54) is 11.1 Å². The third-order valence-electron chi connectivity index (χ3n) is 4.76. The van der Waals surface area contributed by atoms with Crippen molar-refractivity contribution in [3.63, 3.8) is 0 Å². The number of aromatic nitrogens is 3. The van der Waals surface area contributed by atoms with Crippen LogP contribution >= 0.6 is 0 Å². The van der Waals surface area contributed by atoms with E-state index in [-0.39, 0.29) is 5.91 Å². The summed E-state index contributed by atoms with van der Waals surface area (Å²) in [5.41, 5.74) is 9.07. The van der Waals surface area contributed by atoms with E-state index >= 15 is 0 Å². The number of fused-ring (bicyclic) bond motifs is 1. The Morgan fingerprint density at radius 1 is 1.13 bits per heavy atom. The van der Waals surface area contributed by atoms with Gasteiger partial charge >= 0.3 is 6.03 Å². The van der Waals surface area contributed by atoms with Gasteiger partial charge in [0.25, 0.3) is 5.91 Å². The molecule has 0 bridgehead atoms. The summed E-state index contributed by atoms with van der Waals surface area (Å²) in [4.78, 5) is 29.6. The highest BCUT2D eigenvalue weighted by Gasteiger charge is 2.17. The predicted octanol–water partition coefficient (Wildman–Crippen LogP) is 3.04. The SMILES string of the molecule is CN(C(=O)c1ccn2ncc(-c3ccc(NC(N)=O)cc3)c2c1)c1ccc(C#N)cn1. The molecule has 0 atom stereocenters. The molecule has 3 N–H and O–H groups in total. The van der Waals surface area contributed by atoms with Crippen molar-refractivity contribution < 1.29 is 9.59 Å². The van der Waals surface area contributed by atoms with Crippen molar-refractivity contribution in [2.45, 2.75) is 0 Å². The van der Waals surface area contributed by atoms with Crippen LogP contribution in [0.15, 0.2) is 67.1 Å². The number of hydrogen-bond acceptors (Lipinski definition) is 5. The molecule has 0 aliphatic heterocycles. The fourth-order valence-electron chi connectivity index (χ4n) is 3.16. The van der Waals surface area contributed by atoms with Crippen LogP contribution in [0.2, 0.25) is 0 Å². The lowest BCUT2D eigenvalue weighted by Crippen LogP contribution is -2.27. The molecule has 152 valence electrons. The molecule has 9 nitrogen and oxygen atoms in total. The maximum absolute atomic E-state index is 13.0. The number of hydrogen-bond donors (Lipinski definition) is 2. The van der Waals surface area contributed by atoms with E-state index in [0.717, 1.165) is 16.6 Å². The van der Waals surface area contributed by atoms with Crippen LogP contribution in [0.3, 0.4) is 0 Å². The molecule has 3 heterocycles. The molecule has 3 aromatic heterocycles. The molecule has 0 unspecified atom stereocenters. The second kappa shape index (κ2) is 7.96. The van der Waals surface area contributed by atoms with Crippen molar-refractivity contribution in [1.82, 2.24) is 14.6 Å². The molecule has 9 heteroatoms. The lowest BCUT2D eigenvalue weighted by molar-refractivity contribution is 0.0992. The topological polar surface area (TPSA) is 129 Å². The van der Waals surface area contributed by atoms with Crippen LogP contribution in [0.1, 0.15) is 15.9 Å². The Morgan fingerprint density at radius 3 is 2.55 bits per heavy atom. The van der Waals surface area contributed by atoms with Crippen LogP contribution in [-0.4, -0.2) is 33.6 Å². The Balaban J connectivity index is 1.65. The van der Waals surface area contributed by atoms with Crippen LogP contribution in [-0.2, 0) is 0 Å². The van der Waals surface area contributed by atoms with Gasteiger partial charge < -0.3 is 11.1 Å². The standard InChI is InChI=1S/C22H17N7O2/c1-28(20-7-2-14(11-23)12-25-20)21(30)16-8-9-29-19(10-16)18(13-26-29)15-3-5-17(6-4-15)27-22(24)31/h2-10,12-13H,1H3,(H3,24,27,31). The summed E-state index contributed by atoms with van der Waals surface area (Å²) in [7, 11) is 1.63. The van der Waals surface area contributed by atoms with Gasteiger partial charge in [0.1, 0.15) is 11.9 Å². The van der Waals surface area contributed by atoms with Gasteiger partial charge in [-0.05, 0) is 42.0 Å². The van der Waals surface area contributed by atoms with Crippen LogP contribution in [0.25, 0.3) is 16.6 Å². The molecule has 31 heavy (non-hydrogen) atoms. The van der Waals surface area contributed by atoms with Gasteiger partial charge in [-0.15, -0.1) is 0 Å². The number of urea groups is 1. The van der Waals surface area contributed by atoms with Gasteiger partial charge in [-0.3, -0.25) is 9.69 Å². The van der Waals surface area contributed by atoms with Crippen molar-refractivity contribution in [3.8, 4) is 17.2 Å². The second-order valence-corrected chi connectivity index (χ2v) is 6.75. The fraction of sp³-hybridized carbons (Fsp3) is 0.0455. The molecule has 0 fully saturated rings. The molecule has 1 aromatic carbocycles. The van der Waals surface area contributed by atoms with Gasteiger partial charge in [0, 0.05) is 36.3 Å². The molecule has 4 aromatic rings. The summed E-state index contributed by atoms with van der Waals surface area (Å²) < 4.78 is 1.68. The quantitative estimate of drug-likeness (QED) is 0.533. The summed E-state index contributed by atoms with van der Waals surface area (Å²) in [6.07, 6.45) is 4.86. The fourth-order valence-corrected chi connectivity index (χ4v) is 3.16. The molecule has 3 amide bonds. The number of rotatable bonds is 4. The number of nitrogens with zero attached hydrogens (tertiary/aromatic N) is 5. The van der Waals surface area contributed by atoms with Gasteiger partial charge in [-0.25, -0.2) is 14.3 Å². The van der Waals surface area contributed by atoms with Crippen LogP contribution in [0.4, 0.5) is 16.3 Å². The third-order valence-corrected chi connectivity index (χ3v) is 4.76. The predicted molar refractivity (Wildman–Crippen MR) is 116 cm³/mol. The van der Waals surface area contributed by atoms with Gasteiger partial charge in [0.05, 0.1) is 17.3 Å². The highest BCUT2D eigenvalue weighted by atomic mass is 16.2. The van der Waals surface area contributed by atoms with Gasteiger partial charge in [0.2, 0.25) is 0 Å². The normalized spacial score (nSPS) is 10.5. The van der Waals surface area contributed by atoms with E-state index in [4.69, 9.17) is 11.0 Å². The first-order valence-corrected chi connectivity index (χ1v) is 9.25. The number of nitrogens with one attached hydrogen (secondary N) is 1. The Labute approximate surface area is 177 Å². The molecule has 0 saturated heterocycles. The lowest BCUT2D eigenvalue weighted by Gasteiger charge is -2.16. The van der Waals surface area contributed by atoms with E-state index in [0.29, 0.717) is 22.6 Å². The number of nitrogens with two attached hydrogens (primary N) is 1. The molecular weight excluding hydrogens is 394 g/mol. The Morgan fingerprint density at radius 2 is 1.90 bits per heavy atom. The number of nitriles is 1. The van der Waals surface area contributed by atoms with Crippen LogP contribution < -0.4 is 16.0 Å². The first-order chi connectivity index (χ1) is 15.0. The zero-order valence-corrected chi connectivity index (χ0v) is 16.5. The van der Waals surface area contributed by atoms with E-state index in [1.54, 1.807) is 60.4 Å². The minimum atomic E-state index is -0.632. The molecule has 0 spiro atoms. The second-order valence-electron chi connectivity index (χ2n) is 6.75. The summed E-state index contributed by atoms with van der Waals surface area (Å²) in [5.74, 6) is 0.197. The van der Waals surface area contributed by atoms with Crippen molar-refractivity contribution >= 4 is 29.0 Å². The Kier molecular flexibility index (Phi) is 5.03. The third kappa shape index (κ3) is 3.90. The molecule has 4 rings (SSSR count). The Bertz CT molecular complexity index is 1320. The van der Waals surface area contributed by atoms with Crippen molar-refractivity contribution in [2.24, 2.45) is 5.73 Å². The highest BCUT2D eigenvalue weighted by Crippen LogP contribution is 2.27. The maximum Gasteiger partial charge on any atom is 0.316 e. The molecule has 0 radical (unpaired) electrons. The largest absolute Gasteiger partial charge is 0.351 e. The first-order valence-electron chi connectivity index (χ1n) is 9.25. The smallest absolute Gasteiger partial charge is 0.316 e. The number of carbonyl (C=O) groups excluding carboxylic acids is 2. The van der Waals surface area contributed by atoms with Crippen LogP contribution in [0, 0.1) is 11.3 Å². The maximum atomic E-state index is 13.0. The van der Waals surface area contributed by atoms with E-state index < -0.39 is 6.03 Å². The van der Waals surface area contributed by atoms with Crippen molar-refractivity contribution in [3.05, 3.63) is 78.2 Å². The first kappa shape index (κ1) is 19.6. The number of anilines is 2. The minimum absolute atomic E-state index is 0.243. The number of pyridine rings is 2. The summed E-state index contributed by atoms with van der Waals surface area (Å²) in [6, 6.07) is 15.2. The van der Waals surface area contributed by atoms with Gasteiger partial charge in [-0.2, -0.15) is 10.4 Å². The summed E-state index contributed by atoms with van der Waals surface area (Å²) in [5, 5.41) is 15.8. The number of benzene rings is 1. The minimum Gasteiger partial charge on any atom is -0.351 e. The van der Waals surface area contributed by atoms with Gasteiger partial charge in [0.15, 0.2) is 0 Å². The van der Waals surface area contributed by atoms with Gasteiger partial charge in [-0.1, -0.05) is 12.1 Å². The number of amides is 3. The molecule has 0 aliphatic rings. The number of primary amides is 1. The lowest BCUT2D eigenvalue weighted by atomic mass is 10.1. The van der Waals surface area contributed by atoms with Crippen molar-refractivity contribution in [2.75, 3.05) is 17.3 Å². The monoisotopic (exact) mass is 411 g/mol. The summed E-state index contributed by atoms with van der Waals surface area (Å²) in [6.45, 7) is 0.